The van der Waals surface area contributed by atoms with E-state index in [1.54, 1.807) is 12.4 Å². The van der Waals surface area contributed by atoms with Crippen LogP contribution in [0.4, 0.5) is 5.69 Å². The summed E-state index contributed by atoms with van der Waals surface area (Å²) in [6, 6.07) is 3.99. The van der Waals surface area contributed by atoms with Gasteiger partial charge in [0.05, 0.1) is 27.4 Å². The molecule has 19 heavy (non-hydrogen) atoms. The SMILES string of the molecule is COC(=O)c1ccc([N+](=O)[O-])c(-n2cc(I)cn2)c1. The summed E-state index contributed by atoms with van der Waals surface area (Å²) in [5, 5.41) is 15.0. The van der Waals surface area contributed by atoms with E-state index in [-0.39, 0.29) is 16.9 Å². The van der Waals surface area contributed by atoms with Crippen LogP contribution in [0.2, 0.25) is 0 Å². The molecular formula is C11H8IN3O4. The summed E-state index contributed by atoms with van der Waals surface area (Å²) in [5.74, 6) is -0.557. The van der Waals surface area contributed by atoms with Crippen LogP contribution >= 0.6 is 22.6 Å². The van der Waals surface area contributed by atoms with Gasteiger partial charge in [0.15, 0.2) is 0 Å². The first kappa shape index (κ1) is 13.5. The van der Waals surface area contributed by atoms with Crippen LogP contribution in [0, 0.1) is 13.7 Å². The van der Waals surface area contributed by atoms with Crippen LogP contribution in [0.1, 0.15) is 10.4 Å². The lowest BCUT2D eigenvalue weighted by Crippen LogP contribution is -2.06. The zero-order chi connectivity index (χ0) is 14.0. The van der Waals surface area contributed by atoms with E-state index < -0.39 is 10.9 Å². The molecule has 98 valence electrons. The Morgan fingerprint density at radius 1 is 1.53 bits per heavy atom. The smallest absolute Gasteiger partial charge is 0.337 e. The van der Waals surface area contributed by atoms with E-state index in [2.05, 4.69) is 9.84 Å². The Morgan fingerprint density at radius 2 is 2.26 bits per heavy atom. The summed E-state index contributed by atoms with van der Waals surface area (Å²) >= 11 is 2.04. The normalized spacial score (nSPS) is 10.2. The highest BCUT2D eigenvalue weighted by atomic mass is 127. The lowest BCUT2D eigenvalue weighted by Gasteiger charge is -2.05. The van der Waals surface area contributed by atoms with E-state index in [4.69, 9.17) is 0 Å². The van der Waals surface area contributed by atoms with Crippen LogP contribution in [0.3, 0.4) is 0 Å². The van der Waals surface area contributed by atoms with E-state index in [1.165, 1.54) is 30.0 Å². The van der Waals surface area contributed by atoms with E-state index in [9.17, 15) is 14.9 Å². The van der Waals surface area contributed by atoms with Crippen molar-refractivity contribution in [2.45, 2.75) is 0 Å². The first-order chi connectivity index (χ1) is 9.02. The molecule has 0 atom stereocenters. The predicted octanol–water partition coefficient (Wildman–Crippen LogP) is 2.17. The molecule has 1 aromatic heterocycles. The minimum absolute atomic E-state index is 0.132. The standard InChI is InChI=1S/C11H8IN3O4/c1-19-11(16)7-2-3-9(15(17)18)10(4-7)14-6-8(12)5-13-14/h2-6H,1H3. The number of esters is 1. The molecule has 0 bridgehead atoms. The first-order valence-corrected chi connectivity index (χ1v) is 6.18. The van der Waals surface area contributed by atoms with Crippen molar-refractivity contribution in [3.8, 4) is 5.69 Å². The fourth-order valence-corrected chi connectivity index (χ4v) is 1.93. The van der Waals surface area contributed by atoms with Crippen molar-refractivity contribution in [1.29, 1.82) is 0 Å². The molecule has 0 aliphatic heterocycles. The maximum atomic E-state index is 11.5. The van der Waals surface area contributed by atoms with Gasteiger partial charge in [-0.05, 0) is 34.7 Å². The summed E-state index contributed by atoms with van der Waals surface area (Å²) in [7, 11) is 1.25. The van der Waals surface area contributed by atoms with Crippen molar-refractivity contribution in [1.82, 2.24) is 9.78 Å². The summed E-state index contributed by atoms with van der Waals surface area (Å²) in [6.45, 7) is 0. The maximum Gasteiger partial charge on any atom is 0.337 e. The van der Waals surface area contributed by atoms with Crippen LogP contribution in [0.25, 0.3) is 5.69 Å². The second-order valence-electron chi connectivity index (χ2n) is 3.56. The number of carbonyl (C=O) groups excluding carboxylic acids is 1. The van der Waals surface area contributed by atoms with Crippen LogP contribution < -0.4 is 0 Å². The van der Waals surface area contributed by atoms with E-state index in [0.29, 0.717) is 0 Å². The average Bonchev–Trinajstić information content (AvgIpc) is 2.83. The van der Waals surface area contributed by atoms with Gasteiger partial charge in [0.25, 0.3) is 5.69 Å². The predicted molar refractivity (Wildman–Crippen MR) is 74.3 cm³/mol. The molecular weight excluding hydrogens is 365 g/mol. The van der Waals surface area contributed by atoms with Crippen molar-refractivity contribution in [2.75, 3.05) is 7.11 Å². The lowest BCUT2D eigenvalue weighted by atomic mass is 10.1. The average molecular weight is 373 g/mol. The van der Waals surface area contributed by atoms with E-state index in [1.807, 2.05) is 22.6 Å². The number of hydrogen-bond acceptors (Lipinski definition) is 5. The number of hydrogen-bond donors (Lipinski definition) is 0. The number of benzene rings is 1. The third-order valence-electron chi connectivity index (χ3n) is 2.39. The van der Waals surface area contributed by atoms with Gasteiger partial charge in [0.1, 0.15) is 5.69 Å². The van der Waals surface area contributed by atoms with Gasteiger partial charge in [-0.25, -0.2) is 9.48 Å². The van der Waals surface area contributed by atoms with E-state index >= 15 is 0 Å². The molecule has 0 spiro atoms. The number of nitro groups is 1. The second-order valence-corrected chi connectivity index (χ2v) is 4.80. The summed E-state index contributed by atoms with van der Waals surface area (Å²) in [6.07, 6.45) is 3.19. The third-order valence-corrected chi connectivity index (χ3v) is 2.95. The number of carbonyl (C=O) groups is 1. The summed E-state index contributed by atoms with van der Waals surface area (Å²) in [5.41, 5.74) is 0.316. The molecule has 2 aromatic rings. The zero-order valence-electron chi connectivity index (χ0n) is 9.74. The molecule has 0 radical (unpaired) electrons. The molecule has 0 N–H and O–H groups in total. The Kier molecular flexibility index (Phi) is 3.79. The quantitative estimate of drug-likeness (QED) is 0.356. The Bertz CT molecular complexity index is 653. The molecule has 0 fully saturated rings. The number of nitro benzene ring substituents is 1. The van der Waals surface area contributed by atoms with Crippen LogP contribution in [-0.2, 0) is 4.74 Å². The van der Waals surface area contributed by atoms with Gasteiger partial charge < -0.3 is 4.74 Å². The monoisotopic (exact) mass is 373 g/mol. The van der Waals surface area contributed by atoms with Crippen molar-refractivity contribution < 1.29 is 14.5 Å². The number of ether oxygens (including phenoxy) is 1. The number of methoxy groups -OCH3 is 1. The molecule has 0 saturated heterocycles. The van der Waals surface area contributed by atoms with Crippen LogP contribution in [0.5, 0.6) is 0 Å². The van der Waals surface area contributed by atoms with Gasteiger partial charge >= 0.3 is 5.97 Å². The fraction of sp³-hybridized carbons (Fsp3) is 0.0909. The maximum absolute atomic E-state index is 11.5. The molecule has 0 unspecified atom stereocenters. The molecule has 2 rings (SSSR count). The van der Waals surface area contributed by atoms with Crippen molar-refractivity contribution in [2.24, 2.45) is 0 Å². The highest BCUT2D eigenvalue weighted by Crippen LogP contribution is 2.24. The minimum Gasteiger partial charge on any atom is -0.465 e. The van der Waals surface area contributed by atoms with Crippen molar-refractivity contribution >= 4 is 34.2 Å². The summed E-state index contributed by atoms with van der Waals surface area (Å²) in [4.78, 5) is 21.9. The molecule has 7 nitrogen and oxygen atoms in total. The Labute approximate surface area is 121 Å². The Morgan fingerprint density at radius 3 is 2.79 bits per heavy atom. The molecule has 1 aromatic carbocycles. The van der Waals surface area contributed by atoms with E-state index in [0.717, 1.165) is 3.57 Å². The third kappa shape index (κ3) is 2.72. The van der Waals surface area contributed by atoms with Crippen molar-refractivity contribution in [3.63, 3.8) is 0 Å². The largest absolute Gasteiger partial charge is 0.465 e. The molecule has 0 amide bonds. The summed E-state index contributed by atoms with van der Waals surface area (Å²) < 4.78 is 6.78. The van der Waals surface area contributed by atoms with Crippen LogP contribution in [0.15, 0.2) is 30.6 Å². The Hall–Kier alpha value is -1.97. The highest BCUT2D eigenvalue weighted by molar-refractivity contribution is 14.1. The topological polar surface area (TPSA) is 87.3 Å². The number of rotatable bonds is 3. The minimum atomic E-state index is -0.557. The highest BCUT2D eigenvalue weighted by Gasteiger charge is 2.19. The second kappa shape index (κ2) is 5.34. The number of halogens is 1. The van der Waals surface area contributed by atoms with Gasteiger partial charge in [0, 0.05) is 12.3 Å². The number of aromatic nitrogens is 2. The molecule has 0 saturated carbocycles. The number of nitrogens with zero attached hydrogens (tertiary/aromatic N) is 3. The molecule has 8 heteroatoms. The zero-order valence-corrected chi connectivity index (χ0v) is 11.9. The van der Waals surface area contributed by atoms with Gasteiger partial charge in [-0.1, -0.05) is 0 Å². The molecule has 0 aliphatic rings. The Balaban J connectivity index is 2.60. The van der Waals surface area contributed by atoms with Crippen molar-refractivity contribution in [3.05, 3.63) is 49.8 Å². The fourth-order valence-electron chi connectivity index (χ4n) is 1.54. The van der Waals surface area contributed by atoms with Gasteiger partial charge in [-0.3, -0.25) is 10.1 Å². The van der Waals surface area contributed by atoms with Gasteiger partial charge in [-0.15, -0.1) is 0 Å². The molecule has 1 heterocycles. The van der Waals surface area contributed by atoms with Gasteiger partial charge in [-0.2, -0.15) is 5.10 Å². The van der Waals surface area contributed by atoms with Gasteiger partial charge in [0.2, 0.25) is 0 Å². The lowest BCUT2D eigenvalue weighted by molar-refractivity contribution is -0.384. The van der Waals surface area contributed by atoms with Crippen LogP contribution in [-0.4, -0.2) is 27.8 Å². The molecule has 0 aliphatic carbocycles. The first-order valence-electron chi connectivity index (χ1n) is 5.10.